The Kier molecular flexibility index (Phi) is 4.75. The van der Waals surface area contributed by atoms with E-state index in [1.807, 2.05) is 4.90 Å². The van der Waals surface area contributed by atoms with E-state index in [-0.39, 0.29) is 12.1 Å². The van der Waals surface area contributed by atoms with Crippen LogP contribution in [0.25, 0.3) is 0 Å². The lowest BCUT2D eigenvalue weighted by Crippen LogP contribution is -2.44. The molecule has 1 aliphatic heterocycles. The zero-order chi connectivity index (χ0) is 18.1. The molecule has 0 saturated heterocycles. The molecule has 26 heavy (non-hydrogen) atoms. The van der Waals surface area contributed by atoms with Gasteiger partial charge in [0.15, 0.2) is 0 Å². The maximum Gasteiger partial charge on any atom is 0.322 e. The maximum absolute atomic E-state index is 13.2. The largest absolute Gasteiger partial charge is 0.345 e. The van der Waals surface area contributed by atoms with E-state index in [1.165, 1.54) is 35.4 Å². The fourth-order valence-corrected chi connectivity index (χ4v) is 4.61. The summed E-state index contributed by atoms with van der Waals surface area (Å²) in [6.45, 7) is 6.00. The number of amides is 2. The molecular weight excluding hydrogens is 322 g/mol. The van der Waals surface area contributed by atoms with Crippen molar-refractivity contribution in [2.24, 2.45) is 0 Å². The molecule has 2 amide bonds. The van der Waals surface area contributed by atoms with Crippen molar-refractivity contribution in [3.05, 3.63) is 52.8 Å². The first-order valence-electron chi connectivity index (χ1n) is 10.0. The van der Waals surface area contributed by atoms with Crippen LogP contribution in [-0.2, 0) is 19.4 Å². The fourth-order valence-electron chi connectivity index (χ4n) is 4.61. The van der Waals surface area contributed by atoms with Crippen molar-refractivity contribution in [2.75, 3.05) is 11.9 Å². The molecule has 1 aromatic heterocycles. The van der Waals surface area contributed by atoms with Crippen LogP contribution in [0, 0.1) is 6.92 Å². The quantitative estimate of drug-likeness (QED) is 0.824. The molecule has 4 heteroatoms. The first-order chi connectivity index (χ1) is 12.7. The Hall–Kier alpha value is -2.23. The van der Waals surface area contributed by atoms with Crippen molar-refractivity contribution in [1.82, 2.24) is 9.47 Å². The Morgan fingerprint density at radius 1 is 1.15 bits per heavy atom. The van der Waals surface area contributed by atoms with Gasteiger partial charge in [0, 0.05) is 30.2 Å². The molecule has 2 heterocycles. The van der Waals surface area contributed by atoms with Crippen LogP contribution in [0.5, 0.6) is 0 Å². The van der Waals surface area contributed by atoms with Gasteiger partial charge in [-0.3, -0.25) is 0 Å². The third-order valence-corrected chi connectivity index (χ3v) is 5.98. The minimum Gasteiger partial charge on any atom is -0.345 e. The number of aromatic nitrogens is 1. The van der Waals surface area contributed by atoms with Crippen LogP contribution < -0.4 is 5.32 Å². The lowest BCUT2D eigenvalue weighted by molar-refractivity contribution is 0.162. The van der Waals surface area contributed by atoms with E-state index in [4.69, 9.17) is 0 Å². The zero-order valence-electron chi connectivity index (χ0n) is 15.9. The summed E-state index contributed by atoms with van der Waals surface area (Å²) >= 11 is 0. The first kappa shape index (κ1) is 17.2. The highest BCUT2D eigenvalue weighted by molar-refractivity contribution is 5.90. The number of urea groups is 1. The molecule has 0 bridgehead atoms. The molecule has 2 aliphatic rings. The molecule has 138 valence electrons. The molecule has 4 nitrogen and oxygen atoms in total. The number of rotatable bonds is 3. The Labute approximate surface area is 156 Å². The Bertz CT molecular complexity index is 808. The van der Waals surface area contributed by atoms with Crippen molar-refractivity contribution in [2.45, 2.75) is 65.0 Å². The summed E-state index contributed by atoms with van der Waals surface area (Å²) in [5, 5.41) is 3.24. The van der Waals surface area contributed by atoms with Crippen LogP contribution >= 0.6 is 0 Å². The molecule has 1 N–H and O–H groups in total. The van der Waals surface area contributed by atoms with Gasteiger partial charge >= 0.3 is 6.03 Å². The van der Waals surface area contributed by atoms with Gasteiger partial charge in [0.1, 0.15) is 0 Å². The molecule has 0 unspecified atom stereocenters. The number of carbonyl (C=O) groups is 1. The highest BCUT2D eigenvalue weighted by Crippen LogP contribution is 2.33. The molecule has 2 aromatic rings. The van der Waals surface area contributed by atoms with Crippen LogP contribution in [0.4, 0.5) is 10.5 Å². The summed E-state index contributed by atoms with van der Waals surface area (Å²) in [4.78, 5) is 15.2. The lowest BCUT2D eigenvalue weighted by Gasteiger charge is -2.37. The summed E-state index contributed by atoms with van der Waals surface area (Å²) in [6.07, 6.45) is 6.75. The number of aryl methyl sites for hydroxylation is 2. The van der Waals surface area contributed by atoms with Crippen LogP contribution in [0.2, 0.25) is 0 Å². The Morgan fingerprint density at radius 2 is 2.00 bits per heavy atom. The van der Waals surface area contributed by atoms with Crippen LogP contribution in [0.15, 0.2) is 30.3 Å². The van der Waals surface area contributed by atoms with Gasteiger partial charge in [-0.15, -0.1) is 0 Å². The fraction of sp³-hybridized carbons (Fsp3) is 0.500. The van der Waals surface area contributed by atoms with E-state index in [0.717, 1.165) is 44.5 Å². The average Bonchev–Trinajstić information content (AvgIpc) is 3.04. The SMILES string of the molecule is CCC[C@H]1c2ccc(C)n2CCN1C(=O)Nc1cccc2c1CCCC2. The summed E-state index contributed by atoms with van der Waals surface area (Å²) in [6, 6.07) is 10.9. The monoisotopic (exact) mass is 351 g/mol. The van der Waals surface area contributed by atoms with E-state index in [1.54, 1.807) is 0 Å². The van der Waals surface area contributed by atoms with Crippen molar-refractivity contribution in [3.8, 4) is 0 Å². The number of anilines is 1. The summed E-state index contributed by atoms with van der Waals surface area (Å²) in [5.74, 6) is 0. The van der Waals surface area contributed by atoms with Crippen molar-refractivity contribution < 1.29 is 4.79 Å². The van der Waals surface area contributed by atoms with Crippen molar-refractivity contribution in [3.63, 3.8) is 0 Å². The molecule has 0 radical (unpaired) electrons. The summed E-state index contributed by atoms with van der Waals surface area (Å²) in [7, 11) is 0. The normalized spacial score (nSPS) is 19.0. The van der Waals surface area contributed by atoms with Gasteiger partial charge in [0.05, 0.1) is 6.04 Å². The maximum atomic E-state index is 13.2. The average molecular weight is 351 g/mol. The lowest BCUT2D eigenvalue weighted by atomic mass is 9.90. The molecule has 0 spiro atoms. The minimum atomic E-state index is 0.0486. The molecule has 1 atom stereocenters. The number of nitrogens with one attached hydrogen (secondary N) is 1. The molecule has 1 aromatic carbocycles. The zero-order valence-corrected chi connectivity index (χ0v) is 15.9. The Balaban J connectivity index is 1.58. The number of fused-ring (bicyclic) bond motifs is 2. The van der Waals surface area contributed by atoms with Crippen LogP contribution in [-0.4, -0.2) is 22.0 Å². The molecule has 4 rings (SSSR count). The van der Waals surface area contributed by atoms with Gasteiger partial charge in [0.25, 0.3) is 0 Å². The first-order valence-corrected chi connectivity index (χ1v) is 10.0. The number of hydrogen-bond acceptors (Lipinski definition) is 1. The smallest absolute Gasteiger partial charge is 0.322 e. The van der Waals surface area contributed by atoms with E-state index in [2.05, 4.69) is 54.1 Å². The second-order valence-corrected chi connectivity index (χ2v) is 7.63. The van der Waals surface area contributed by atoms with E-state index in [0.29, 0.717) is 0 Å². The molecule has 0 saturated carbocycles. The van der Waals surface area contributed by atoms with Crippen molar-refractivity contribution >= 4 is 11.7 Å². The summed E-state index contributed by atoms with van der Waals surface area (Å²) in [5.41, 5.74) is 6.33. The van der Waals surface area contributed by atoms with Gasteiger partial charge < -0.3 is 14.8 Å². The van der Waals surface area contributed by atoms with Crippen LogP contribution in [0.3, 0.4) is 0 Å². The van der Waals surface area contributed by atoms with Gasteiger partial charge in [-0.2, -0.15) is 0 Å². The third-order valence-electron chi connectivity index (χ3n) is 5.98. The minimum absolute atomic E-state index is 0.0486. The van der Waals surface area contributed by atoms with E-state index >= 15 is 0 Å². The highest BCUT2D eigenvalue weighted by Gasteiger charge is 2.31. The van der Waals surface area contributed by atoms with Gasteiger partial charge in [0.2, 0.25) is 0 Å². The van der Waals surface area contributed by atoms with E-state index in [9.17, 15) is 4.79 Å². The number of carbonyl (C=O) groups excluding carboxylic acids is 1. The van der Waals surface area contributed by atoms with Gasteiger partial charge in [-0.1, -0.05) is 25.5 Å². The van der Waals surface area contributed by atoms with Gasteiger partial charge in [-0.25, -0.2) is 4.79 Å². The number of hydrogen-bond donors (Lipinski definition) is 1. The van der Waals surface area contributed by atoms with Crippen LogP contribution in [0.1, 0.15) is 61.2 Å². The predicted molar refractivity (Wildman–Crippen MR) is 106 cm³/mol. The number of nitrogens with zero attached hydrogens (tertiary/aromatic N) is 2. The molecule has 0 fully saturated rings. The van der Waals surface area contributed by atoms with Gasteiger partial charge in [-0.05, 0) is 68.4 Å². The molecule has 1 aliphatic carbocycles. The summed E-state index contributed by atoms with van der Waals surface area (Å²) < 4.78 is 2.37. The van der Waals surface area contributed by atoms with Crippen molar-refractivity contribution in [1.29, 1.82) is 0 Å². The number of benzene rings is 1. The molecular formula is C22H29N3O. The third kappa shape index (κ3) is 3.02. The highest BCUT2D eigenvalue weighted by atomic mass is 16.2. The second-order valence-electron chi connectivity index (χ2n) is 7.63. The van der Waals surface area contributed by atoms with E-state index < -0.39 is 0 Å². The standard InChI is InChI=1S/C22H29N3O/c1-3-7-20-21-13-12-16(2)24(21)14-15-25(20)22(26)23-19-11-6-9-17-8-4-5-10-18(17)19/h6,9,11-13,20H,3-5,7-8,10,14-15H2,1-2H3,(H,23,26)/t20-/m0/s1. The predicted octanol–water partition coefficient (Wildman–Crippen LogP) is 5.06. The topological polar surface area (TPSA) is 37.3 Å². The second kappa shape index (κ2) is 7.18. The Morgan fingerprint density at radius 3 is 2.85 bits per heavy atom.